The number of alkyl halides is 1. The fraction of sp³-hybridized carbons (Fsp3) is 0.308. The molecule has 0 aliphatic heterocycles. The van der Waals surface area contributed by atoms with Gasteiger partial charge in [-0.3, -0.25) is 4.79 Å². The van der Waals surface area contributed by atoms with Crippen LogP contribution in [-0.4, -0.2) is 22.3 Å². The molecule has 0 radical (unpaired) electrons. The summed E-state index contributed by atoms with van der Waals surface area (Å²) in [5.41, 5.74) is 1.41. The molecule has 1 N–H and O–H groups in total. The average Bonchev–Trinajstić information content (AvgIpc) is 2.35. The van der Waals surface area contributed by atoms with Crippen molar-refractivity contribution in [3.63, 3.8) is 0 Å². The zero-order valence-corrected chi connectivity index (χ0v) is 10.8. The van der Waals surface area contributed by atoms with Crippen molar-refractivity contribution in [2.24, 2.45) is 5.92 Å². The van der Waals surface area contributed by atoms with Crippen LogP contribution in [0.3, 0.4) is 0 Å². The third-order valence-electron chi connectivity index (χ3n) is 2.47. The lowest BCUT2D eigenvalue weighted by Crippen LogP contribution is -2.17. The molecule has 17 heavy (non-hydrogen) atoms. The normalized spacial score (nSPS) is 11.6. The fourth-order valence-corrected chi connectivity index (χ4v) is 1.91. The van der Waals surface area contributed by atoms with Crippen LogP contribution < -0.4 is 0 Å². The summed E-state index contributed by atoms with van der Waals surface area (Å²) >= 11 is 3.15. The van der Waals surface area contributed by atoms with E-state index in [1.165, 1.54) is 0 Å². The monoisotopic (exact) mass is 296 g/mol. The van der Waals surface area contributed by atoms with Gasteiger partial charge in [0.1, 0.15) is 5.94 Å². The Morgan fingerprint density at radius 1 is 1.35 bits per heavy atom. The average molecular weight is 297 g/mol. The third-order valence-corrected chi connectivity index (χ3v) is 3.15. The van der Waals surface area contributed by atoms with E-state index in [9.17, 15) is 9.59 Å². The number of halogens is 1. The molecular weight excluding hydrogens is 284 g/mol. The topological polar surface area (TPSA) is 54.4 Å². The van der Waals surface area contributed by atoms with E-state index in [0.717, 1.165) is 5.56 Å². The van der Waals surface area contributed by atoms with Gasteiger partial charge in [-0.25, -0.2) is 4.79 Å². The van der Waals surface area contributed by atoms with Crippen molar-refractivity contribution >= 4 is 27.8 Å². The quantitative estimate of drug-likeness (QED) is 0.648. The van der Waals surface area contributed by atoms with Crippen LogP contribution in [0.15, 0.2) is 35.9 Å². The predicted octanol–water partition coefficient (Wildman–Crippen LogP) is 2.47. The first-order chi connectivity index (χ1) is 8.17. The van der Waals surface area contributed by atoms with Gasteiger partial charge in [0.2, 0.25) is 0 Å². The summed E-state index contributed by atoms with van der Waals surface area (Å²) in [6.07, 6.45) is 0.660. The van der Waals surface area contributed by atoms with E-state index >= 15 is 0 Å². The van der Waals surface area contributed by atoms with Gasteiger partial charge >= 0.3 is 5.97 Å². The lowest BCUT2D eigenvalue weighted by atomic mass is 9.93. The number of carbonyl (C=O) groups excluding carboxylic acids is 1. The minimum atomic E-state index is -0.887. The molecule has 0 aliphatic rings. The standard InChI is InChI=1S/C13H13BrO3/c14-8-11(9-15)7-12(13(16)17)6-10-4-2-1-3-5-10/h1-5,12H,6-8H2,(H,16,17). The summed E-state index contributed by atoms with van der Waals surface area (Å²) in [5.74, 6) is 0.315. The van der Waals surface area contributed by atoms with Gasteiger partial charge in [-0.1, -0.05) is 46.3 Å². The molecule has 0 saturated carbocycles. The first-order valence-electron chi connectivity index (χ1n) is 5.23. The molecule has 0 fully saturated rings. The highest BCUT2D eigenvalue weighted by Gasteiger charge is 2.19. The maximum atomic E-state index is 11.1. The molecule has 0 spiro atoms. The van der Waals surface area contributed by atoms with Crippen LogP contribution in [0.5, 0.6) is 0 Å². The second kappa shape index (κ2) is 7.05. The van der Waals surface area contributed by atoms with Crippen molar-refractivity contribution in [3.05, 3.63) is 41.5 Å². The van der Waals surface area contributed by atoms with Crippen LogP contribution in [-0.2, 0) is 16.0 Å². The summed E-state index contributed by atoms with van der Waals surface area (Å²) in [6, 6.07) is 9.39. The van der Waals surface area contributed by atoms with Gasteiger partial charge in [-0.2, -0.15) is 0 Å². The number of aliphatic carboxylic acids is 1. The first kappa shape index (κ1) is 13.7. The number of allylic oxidation sites excluding steroid dienone is 1. The highest BCUT2D eigenvalue weighted by atomic mass is 79.9. The number of rotatable bonds is 6. The molecule has 3 nitrogen and oxygen atoms in total. The molecule has 4 heteroatoms. The first-order valence-corrected chi connectivity index (χ1v) is 6.35. The Morgan fingerprint density at radius 2 is 2.00 bits per heavy atom. The van der Waals surface area contributed by atoms with Crippen molar-refractivity contribution < 1.29 is 14.7 Å². The van der Waals surface area contributed by atoms with Crippen LogP contribution in [0, 0.1) is 5.92 Å². The molecule has 1 atom stereocenters. The number of carboxylic acids is 1. The van der Waals surface area contributed by atoms with Gasteiger partial charge in [-0.05, 0) is 18.4 Å². The third kappa shape index (κ3) is 4.55. The Bertz CT molecular complexity index is 422. The van der Waals surface area contributed by atoms with E-state index < -0.39 is 11.9 Å². The van der Waals surface area contributed by atoms with Gasteiger partial charge < -0.3 is 5.11 Å². The lowest BCUT2D eigenvalue weighted by molar-refractivity contribution is -0.141. The van der Waals surface area contributed by atoms with E-state index in [2.05, 4.69) is 15.9 Å². The van der Waals surface area contributed by atoms with E-state index in [1.807, 2.05) is 30.3 Å². The molecule has 0 saturated heterocycles. The Kier molecular flexibility index (Phi) is 5.67. The van der Waals surface area contributed by atoms with E-state index in [-0.39, 0.29) is 6.42 Å². The Morgan fingerprint density at radius 3 is 2.47 bits per heavy atom. The highest BCUT2D eigenvalue weighted by molar-refractivity contribution is 9.09. The highest BCUT2D eigenvalue weighted by Crippen LogP contribution is 2.17. The molecule has 1 aromatic rings. The SMILES string of the molecule is O=C=C(CBr)CC(Cc1ccccc1)C(=O)O. The van der Waals surface area contributed by atoms with Crippen molar-refractivity contribution in [2.45, 2.75) is 12.8 Å². The molecule has 1 aromatic carbocycles. The molecule has 1 unspecified atom stereocenters. The van der Waals surface area contributed by atoms with Gasteiger partial charge in [0, 0.05) is 10.9 Å². The second-order valence-corrected chi connectivity index (χ2v) is 4.33. The largest absolute Gasteiger partial charge is 0.481 e. The minimum absolute atomic E-state index is 0.235. The van der Waals surface area contributed by atoms with Gasteiger partial charge in [0.25, 0.3) is 0 Å². The molecular formula is C13H13BrO3. The zero-order chi connectivity index (χ0) is 12.7. The summed E-state index contributed by atoms with van der Waals surface area (Å²) in [6.45, 7) is 0. The summed E-state index contributed by atoms with van der Waals surface area (Å²) in [4.78, 5) is 21.7. The number of carboxylic acid groups (broad SMARTS) is 1. The number of hydrogen-bond acceptors (Lipinski definition) is 2. The summed E-state index contributed by atoms with van der Waals surface area (Å²) in [7, 11) is 0. The Labute approximate surface area is 108 Å². The molecule has 0 aromatic heterocycles. The predicted molar refractivity (Wildman–Crippen MR) is 68.9 cm³/mol. The molecule has 0 heterocycles. The number of hydrogen-bond donors (Lipinski definition) is 1. The minimum Gasteiger partial charge on any atom is -0.481 e. The summed E-state index contributed by atoms with van der Waals surface area (Å²) in [5, 5.41) is 9.49. The molecule has 1 rings (SSSR count). The zero-order valence-electron chi connectivity index (χ0n) is 9.23. The van der Waals surface area contributed by atoms with E-state index in [0.29, 0.717) is 17.3 Å². The van der Waals surface area contributed by atoms with Crippen LogP contribution in [0.1, 0.15) is 12.0 Å². The fourth-order valence-electron chi connectivity index (χ4n) is 1.57. The van der Waals surface area contributed by atoms with Crippen LogP contribution in [0.4, 0.5) is 0 Å². The van der Waals surface area contributed by atoms with Crippen molar-refractivity contribution in [1.82, 2.24) is 0 Å². The lowest BCUT2D eigenvalue weighted by Gasteiger charge is -2.11. The molecule has 0 bridgehead atoms. The van der Waals surface area contributed by atoms with Crippen molar-refractivity contribution in [2.75, 3.05) is 5.33 Å². The maximum absolute atomic E-state index is 11.1. The van der Waals surface area contributed by atoms with Crippen LogP contribution >= 0.6 is 15.9 Å². The van der Waals surface area contributed by atoms with Gasteiger partial charge in [0.15, 0.2) is 0 Å². The maximum Gasteiger partial charge on any atom is 0.307 e. The number of benzene rings is 1. The Balaban J connectivity index is 2.74. The van der Waals surface area contributed by atoms with Crippen molar-refractivity contribution in [1.29, 1.82) is 0 Å². The smallest absolute Gasteiger partial charge is 0.307 e. The molecule has 0 amide bonds. The van der Waals surface area contributed by atoms with Crippen molar-refractivity contribution in [3.8, 4) is 0 Å². The van der Waals surface area contributed by atoms with Gasteiger partial charge in [-0.15, -0.1) is 0 Å². The summed E-state index contributed by atoms with van der Waals surface area (Å²) < 4.78 is 0. The molecule has 90 valence electrons. The van der Waals surface area contributed by atoms with Gasteiger partial charge in [0.05, 0.1) is 5.92 Å². The number of carbonyl (C=O) groups is 1. The second-order valence-electron chi connectivity index (χ2n) is 3.77. The molecule has 0 aliphatic carbocycles. The van der Waals surface area contributed by atoms with Crippen LogP contribution in [0.25, 0.3) is 0 Å². The Hall–Kier alpha value is -1.38. The van der Waals surface area contributed by atoms with E-state index in [1.54, 1.807) is 5.94 Å². The van der Waals surface area contributed by atoms with Crippen LogP contribution in [0.2, 0.25) is 0 Å². The van der Waals surface area contributed by atoms with E-state index in [4.69, 9.17) is 5.11 Å².